The molecule has 3 heterocycles. The van der Waals surface area contributed by atoms with E-state index in [2.05, 4.69) is 15.0 Å². The Morgan fingerprint density at radius 2 is 1.82 bits per heavy atom. The Kier molecular flexibility index (Phi) is 4.86. The monoisotopic (exact) mass is 407 g/mol. The molecule has 1 fully saturated rings. The minimum atomic E-state index is -3.85. The van der Waals surface area contributed by atoms with Crippen LogP contribution in [0, 0.1) is 18.6 Å². The molecule has 7 nitrogen and oxygen atoms in total. The van der Waals surface area contributed by atoms with Gasteiger partial charge in [-0.2, -0.15) is 9.40 Å². The van der Waals surface area contributed by atoms with Crippen LogP contribution in [0.25, 0.3) is 5.65 Å². The lowest BCUT2D eigenvalue weighted by Crippen LogP contribution is -2.48. The molecule has 0 spiro atoms. The van der Waals surface area contributed by atoms with Crippen molar-refractivity contribution in [3.05, 3.63) is 59.6 Å². The summed E-state index contributed by atoms with van der Waals surface area (Å²) in [5.41, 5.74) is 2.65. The number of piperazine rings is 1. The molecule has 1 aliphatic rings. The third-order valence-electron chi connectivity index (χ3n) is 4.76. The van der Waals surface area contributed by atoms with Gasteiger partial charge in [0.05, 0.1) is 10.6 Å². The first-order valence-corrected chi connectivity index (χ1v) is 10.3. The molecule has 2 aromatic heterocycles. The largest absolute Gasteiger partial charge is 0.296 e. The van der Waals surface area contributed by atoms with E-state index >= 15 is 0 Å². The maximum Gasteiger partial charge on any atom is 0.243 e. The third-order valence-corrected chi connectivity index (χ3v) is 6.65. The lowest BCUT2D eigenvalue weighted by Gasteiger charge is -2.33. The molecule has 1 saturated heterocycles. The van der Waals surface area contributed by atoms with E-state index in [4.69, 9.17) is 0 Å². The fraction of sp³-hybridized carbons (Fsp3) is 0.333. The van der Waals surface area contributed by atoms with Gasteiger partial charge in [-0.05, 0) is 25.1 Å². The fourth-order valence-corrected chi connectivity index (χ4v) is 4.72. The molecular weight excluding hydrogens is 388 g/mol. The summed E-state index contributed by atoms with van der Waals surface area (Å²) in [5, 5.41) is 4.35. The van der Waals surface area contributed by atoms with Gasteiger partial charge in [0.2, 0.25) is 10.0 Å². The molecule has 0 saturated carbocycles. The van der Waals surface area contributed by atoms with Gasteiger partial charge >= 0.3 is 0 Å². The van der Waals surface area contributed by atoms with Crippen molar-refractivity contribution in [1.29, 1.82) is 0 Å². The summed E-state index contributed by atoms with van der Waals surface area (Å²) in [6.07, 6.45) is 3.71. The highest BCUT2D eigenvalue weighted by molar-refractivity contribution is 7.89. The molecule has 0 bridgehead atoms. The molecule has 10 heteroatoms. The van der Waals surface area contributed by atoms with Gasteiger partial charge in [0, 0.05) is 56.7 Å². The molecule has 148 valence electrons. The SMILES string of the molecule is Cc1cc2ncc(CN3CCN(S(=O)(=O)c4ccc(F)c(F)c4)CC3)cn2n1. The zero-order chi connectivity index (χ0) is 19.9. The highest BCUT2D eigenvalue weighted by atomic mass is 32.2. The number of rotatable bonds is 4. The Labute approximate surface area is 161 Å². The van der Waals surface area contributed by atoms with Gasteiger partial charge in [0.15, 0.2) is 17.3 Å². The highest BCUT2D eigenvalue weighted by Gasteiger charge is 2.29. The first-order chi connectivity index (χ1) is 13.3. The van der Waals surface area contributed by atoms with Crippen LogP contribution in [-0.2, 0) is 16.6 Å². The van der Waals surface area contributed by atoms with Crippen molar-refractivity contribution >= 4 is 15.7 Å². The molecule has 0 amide bonds. The number of hydrogen-bond acceptors (Lipinski definition) is 5. The Balaban J connectivity index is 1.42. The summed E-state index contributed by atoms with van der Waals surface area (Å²) in [4.78, 5) is 6.27. The molecule has 0 atom stereocenters. The normalized spacial score (nSPS) is 16.7. The second-order valence-electron chi connectivity index (χ2n) is 6.81. The fourth-order valence-electron chi connectivity index (χ4n) is 3.29. The number of fused-ring (bicyclic) bond motifs is 1. The smallest absolute Gasteiger partial charge is 0.243 e. The first kappa shape index (κ1) is 18.9. The minimum absolute atomic E-state index is 0.233. The molecule has 0 unspecified atom stereocenters. The van der Waals surface area contributed by atoms with Gasteiger partial charge in [-0.15, -0.1) is 0 Å². The van der Waals surface area contributed by atoms with E-state index in [9.17, 15) is 17.2 Å². The van der Waals surface area contributed by atoms with Crippen LogP contribution in [0.4, 0.5) is 8.78 Å². The average molecular weight is 407 g/mol. The molecule has 1 aliphatic heterocycles. The average Bonchev–Trinajstić information content (AvgIpc) is 3.03. The van der Waals surface area contributed by atoms with Gasteiger partial charge in [0.1, 0.15) is 0 Å². The van der Waals surface area contributed by atoms with Crippen LogP contribution >= 0.6 is 0 Å². The predicted molar refractivity (Wildman–Crippen MR) is 98.1 cm³/mol. The summed E-state index contributed by atoms with van der Waals surface area (Å²) < 4.78 is 54.9. The number of halogens is 2. The molecule has 0 N–H and O–H groups in total. The summed E-state index contributed by atoms with van der Waals surface area (Å²) in [5.74, 6) is -2.24. The second kappa shape index (κ2) is 7.19. The van der Waals surface area contributed by atoms with Crippen molar-refractivity contribution in [2.24, 2.45) is 0 Å². The van der Waals surface area contributed by atoms with Crippen LogP contribution in [0.15, 0.2) is 41.6 Å². The van der Waals surface area contributed by atoms with Crippen molar-refractivity contribution in [3.63, 3.8) is 0 Å². The number of benzene rings is 1. The van der Waals surface area contributed by atoms with Gasteiger partial charge in [-0.25, -0.2) is 26.7 Å². The number of nitrogens with zero attached hydrogens (tertiary/aromatic N) is 5. The van der Waals surface area contributed by atoms with E-state index in [-0.39, 0.29) is 18.0 Å². The molecular formula is C18H19F2N5O2S. The number of sulfonamides is 1. The van der Waals surface area contributed by atoms with Crippen molar-refractivity contribution in [1.82, 2.24) is 23.8 Å². The Morgan fingerprint density at radius 1 is 1.07 bits per heavy atom. The van der Waals surface area contributed by atoms with Crippen molar-refractivity contribution < 1.29 is 17.2 Å². The van der Waals surface area contributed by atoms with Crippen molar-refractivity contribution in [2.75, 3.05) is 26.2 Å². The summed E-state index contributed by atoms with van der Waals surface area (Å²) >= 11 is 0. The van der Waals surface area contributed by atoms with E-state index in [1.54, 1.807) is 10.7 Å². The highest BCUT2D eigenvalue weighted by Crippen LogP contribution is 2.20. The minimum Gasteiger partial charge on any atom is -0.296 e. The topological polar surface area (TPSA) is 70.8 Å². The van der Waals surface area contributed by atoms with E-state index in [0.717, 1.165) is 35.1 Å². The zero-order valence-electron chi connectivity index (χ0n) is 15.2. The lowest BCUT2D eigenvalue weighted by molar-refractivity contribution is 0.181. The van der Waals surface area contributed by atoms with Crippen LogP contribution in [0.3, 0.4) is 0 Å². The maximum absolute atomic E-state index is 13.4. The van der Waals surface area contributed by atoms with E-state index in [0.29, 0.717) is 19.6 Å². The molecule has 4 rings (SSSR count). The van der Waals surface area contributed by atoms with Crippen LogP contribution in [-0.4, -0.2) is 58.4 Å². The van der Waals surface area contributed by atoms with Crippen molar-refractivity contribution in [2.45, 2.75) is 18.4 Å². The van der Waals surface area contributed by atoms with Gasteiger partial charge in [-0.3, -0.25) is 4.90 Å². The molecule has 28 heavy (non-hydrogen) atoms. The van der Waals surface area contributed by atoms with Crippen LogP contribution in [0.5, 0.6) is 0 Å². The Morgan fingerprint density at radius 3 is 2.54 bits per heavy atom. The van der Waals surface area contributed by atoms with E-state index in [1.807, 2.05) is 19.2 Å². The standard InChI is InChI=1S/C18H19F2N5O2S/c1-13-8-18-21-10-14(12-25(18)22-13)11-23-4-6-24(7-5-23)28(26,27)15-2-3-16(19)17(20)9-15/h2-3,8-10,12H,4-7,11H2,1H3. The van der Waals surface area contributed by atoms with Gasteiger partial charge in [-0.1, -0.05) is 0 Å². The molecule has 3 aromatic rings. The second-order valence-corrected chi connectivity index (χ2v) is 8.74. The quantitative estimate of drug-likeness (QED) is 0.660. The predicted octanol–water partition coefficient (Wildman–Crippen LogP) is 1.82. The van der Waals surface area contributed by atoms with Crippen LogP contribution in [0.1, 0.15) is 11.3 Å². The Bertz CT molecular complexity index is 1120. The van der Waals surface area contributed by atoms with Gasteiger partial charge in [0.25, 0.3) is 0 Å². The third kappa shape index (κ3) is 3.62. The summed E-state index contributed by atoms with van der Waals surface area (Å²) in [7, 11) is -3.85. The number of hydrogen-bond donors (Lipinski definition) is 0. The lowest BCUT2D eigenvalue weighted by atomic mass is 10.3. The van der Waals surface area contributed by atoms with E-state index in [1.165, 1.54) is 4.31 Å². The van der Waals surface area contributed by atoms with Crippen LogP contribution in [0.2, 0.25) is 0 Å². The van der Waals surface area contributed by atoms with Crippen molar-refractivity contribution in [3.8, 4) is 0 Å². The first-order valence-electron chi connectivity index (χ1n) is 8.81. The number of aromatic nitrogens is 3. The molecule has 0 aliphatic carbocycles. The van der Waals surface area contributed by atoms with Gasteiger partial charge < -0.3 is 0 Å². The summed E-state index contributed by atoms with van der Waals surface area (Å²) in [6.45, 7) is 4.13. The Hall–Kier alpha value is -2.43. The van der Waals surface area contributed by atoms with Crippen LogP contribution < -0.4 is 0 Å². The summed E-state index contributed by atoms with van der Waals surface area (Å²) in [6, 6.07) is 4.54. The molecule has 0 radical (unpaired) electrons. The molecule has 1 aromatic carbocycles. The number of aryl methyl sites for hydroxylation is 1. The van der Waals surface area contributed by atoms with E-state index < -0.39 is 21.7 Å². The maximum atomic E-state index is 13.4. The zero-order valence-corrected chi connectivity index (χ0v) is 16.0.